The first-order valence-corrected chi connectivity index (χ1v) is 12.3. The van der Waals surface area contributed by atoms with Crippen molar-refractivity contribution in [3.8, 4) is 17.2 Å². The molecule has 9 heteroatoms. The number of ether oxygens (including phenoxy) is 3. The molecular formula is C27H33ClN2O6. The fraction of sp³-hybridized carbons (Fsp3) is 0.407. The van der Waals surface area contributed by atoms with Gasteiger partial charge in [0.05, 0.1) is 37.5 Å². The number of hydrogen-bond acceptors (Lipinski definition) is 7. The van der Waals surface area contributed by atoms with E-state index in [1.807, 2.05) is 20.8 Å². The van der Waals surface area contributed by atoms with Crippen LogP contribution >= 0.6 is 11.6 Å². The van der Waals surface area contributed by atoms with Crippen molar-refractivity contribution in [3.05, 3.63) is 58.1 Å². The SMILES string of the molecule is CCOc1ccc(C(O)=C2C(=O)C(=O)N(CCN(CC)CC)C2c2ccc(OC)c(OC)c2)cc1Cl. The highest BCUT2D eigenvalue weighted by molar-refractivity contribution is 6.46. The maximum Gasteiger partial charge on any atom is 0.295 e. The molecule has 1 atom stereocenters. The van der Waals surface area contributed by atoms with E-state index < -0.39 is 17.7 Å². The lowest BCUT2D eigenvalue weighted by Crippen LogP contribution is -2.38. The summed E-state index contributed by atoms with van der Waals surface area (Å²) in [6, 6.07) is 9.15. The second kappa shape index (κ2) is 12.1. The molecule has 1 fully saturated rings. The molecule has 8 nitrogen and oxygen atoms in total. The zero-order valence-electron chi connectivity index (χ0n) is 21.3. The lowest BCUT2D eigenvalue weighted by Gasteiger charge is -2.28. The molecule has 0 spiro atoms. The van der Waals surface area contributed by atoms with Crippen LogP contribution in [0, 0.1) is 0 Å². The van der Waals surface area contributed by atoms with E-state index in [0.29, 0.717) is 53.1 Å². The summed E-state index contributed by atoms with van der Waals surface area (Å²) in [5.41, 5.74) is 0.924. The first-order valence-electron chi connectivity index (χ1n) is 12.0. The molecule has 1 aliphatic rings. The molecule has 0 aromatic heterocycles. The Morgan fingerprint density at radius 1 is 1.00 bits per heavy atom. The monoisotopic (exact) mass is 516 g/mol. The number of amides is 1. The highest BCUT2D eigenvalue weighted by Gasteiger charge is 2.46. The summed E-state index contributed by atoms with van der Waals surface area (Å²) in [4.78, 5) is 30.2. The van der Waals surface area contributed by atoms with E-state index in [4.69, 9.17) is 25.8 Å². The third-order valence-corrected chi connectivity index (χ3v) is 6.62. The summed E-state index contributed by atoms with van der Waals surface area (Å²) in [7, 11) is 3.05. The molecule has 0 bridgehead atoms. The van der Waals surface area contributed by atoms with E-state index in [9.17, 15) is 14.7 Å². The van der Waals surface area contributed by atoms with Crippen LogP contribution in [0.15, 0.2) is 42.0 Å². The average Bonchev–Trinajstić information content (AvgIpc) is 3.14. The Morgan fingerprint density at radius 2 is 1.67 bits per heavy atom. The minimum absolute atomic E-state index is 0.00741. The summed E-state index contributed by atoms with van der Waals surface area (Å²) >= 11 is 6.34. The molecule has 1 saturated heterocycles. The molecule has 0 aliphatic carbocycles. The Kier molecular flexibility index (Phi) is 9.23. The van der Waals surface area contributed by atoms with E-state index in [0.717, 1.165) is 13.1 Å². The van der Waals surface area contributed by atoms with Crippen LogP contribution in [0.25, 0.3) is 5.76 Å². The van der Waals surface area contributed by atoms with Crippen LogP contribution < -0.4 is 14.2 Å². The molecule has 1 heterocycles. The molecule has 36 heavy (non-hydrogen) atoms. The summed E-state index contributed by atoms with van der Waals surface area (Å²) in [6.07, 6.45) is 0. The average molecular weight is 517 g/mol. The molecule has 0 saturated carbocycles. The molecular weight excluding hydrogens is 484 g/mol. The maximum atomic E-state index is 13.3. The Bertz CT molecular complexity index is 1150. The Balaban J connectivity index is 2.15. The third kappa shape index (κ3) is 5.44. The molecule has 3 rings (SSSR count). The molecule has 2 aromatic carbocycles. The number of likely N-dealkylation sites (N-methyl/N-ethyl adjacent to an activating group) is 1. The third-order valence-electron chi connectivity index (χ3n) is 6.32. The van der Waals surface area contributed by atoms with Gasteiger partial charge in [-0.15, -0.1) is 0 Å². The van der Waals surface area contributed by atoms with Crippen molar-refractivity contribution in [1.82, 2.24) is 9.80 Å². The quantitative estimate of drug-likeness (QED) is 0.267. The Hall–Kier alpha value is -3.23. The van der Waals surface area contributed by atoms with Crippen LogP contribution in [0.1, 0.15) is 37.9 Å². The van der Waals surface area contributed by atoms with Gasteiger partial charge in [-0.1, -0.05) is 31.5 Å². The highest BCUT2D eigenvalue weighted by Crippen LogP contribution is 2.42. The minimum atomic E-state index is -0.814. The van der Waals surface area contributed by atoms with Crippen molar-refractivity contribution in [2.75, 3.05) is 47.0 Å². The van der Waals surface area contributed by atoms with Crippen LogP contribution in [0.5, 0.6) is 17.2 Å². The zero-order chi connectivity index (χ0) is 26.4. The van der Waals surface area contributed by atoms with Gasteiger partial charge in [0.25, 0.3) is 11.7 Å². The van der Waals surface area contributed by atoms with Gasteiger partial charge >= 0.3 is 0 Å². The molecule has 1 amide bonds. The first kappa shape index (κ1) is 27.4. The molecule has 2 aromatic rings. The van der Waals surface area contributed by atoms with E-state index >= 15 is 0 Å². The second-order valence-electron chi connectivity index (χ2n) is 8.21. The molecule has 1 N–H and O–H groups in total. The number of carbonyl (C=O) groups is 2. The highest BCUT2D eigenvalue weighted by atomic mass is 35.5. The second-order valence-corrected chi connectivity index (χ2v) is 8.62. The molecule has 1 unspecified atom stereocenters. The molecule has 194 valence electrons. The predicted molar refractivity (Wildman–Crippen MR) is 139 cm³/mol. The van der Waals surface area contributed by atoms with Crippen LogP contribution in [0.3, 0.4) is 0 Å². The smallest absolute Gasteiger partial charge is 0.295 e. The number of Topliss-reactive ketones (excluding diaryl/α,β-unsaturated/α-hetero) is 1. The molecule has 0 radical (unpaired) electrons. The predicted octanol–water partition coefficient (Wildman–Crippen LogP) is 4.52. The number of ketones is 1. The van der Waals surface area contributed by atoms with Crippen LogP contribution in [-0.4, -0.2) is 73.6 Å². The number of benzene rings is 2. The van der Waals surface area contributed by atoms with E-state index in [1.54, 1.807) is 30.3 Å². The van der Waals surface area contributed by atoms with Crippen LogP contribution in [0.2, 0.25) is 5.02 Å². The van der Waals surface area contributed by atoms with Crippen molar-refractivity contribution in [2.24, 2.45) is 0 Å². The van der Waals surface area contributed by atoms with Gasteiger partial charge in [-0.05, 0) is 55.9 Å². The van der Waals surface area contributed by atoms with Crippen molar-refractivity contribution in [1.29, 1.82) is 0 Å². The van der Waals surface area contributed by atoms with Gasteiger partial charge in [0.15, 0.2) is 11.5 Å². The largest absolute Gasteiger partial charge is 0.507 e. The summed E-state index contributed by atoms with van der Waals surface area (Å²) < 4.78 is 16.3. The standard InChI is InChI=1S/C27H33ClN2O6/c1-6-29(7-2)13-14-30-24(17-9-12-21(34-4)22(16-17)35-5)23(26(32)27(30)33)25(31)18-10-11-20(36-8-3)19(28)15-18/h9-12,15-16,24,31H,6-8,13-14H2,1-5H3. The van der Waals surface area contributed by atoms with Crippen molar-refractivity contribution in [2.45, 2.75) is 26.8 Å². The minimum Gasteiger partial charge on any atom is -0.507 e. The van der Waals surface area contributed by atoms with Gasteiger partial charge in [0, 0.05) is 18.7 Å². The number of halogens is 1. The number of aliphatic hydroxyl groups is 1. The normalized spacial score (nSPS) is 17.1. The fourth-order valence-electron chi connectivity index (χ4n) is 4.35. The topological polar surface area (TPSA) is 88.5 Å². The summed E-state index contributed by atoms with van der Waals surface area (Å²) in [5.74, 6) is -0.291. The number of methoxy groups -OCH3 is 2. The van der Waals surface area contributed by atoms with Gasteiger partial charge in [-0.3, -0.25) is 9.59 Å². The number of aliphatic hydroxyl groups excluding tert-OH is 1. The molecule has 1 aliphatic heterocycles. The zero-order valence-corrected chi connectivity index (χ0v) is 22.1. The lowest BCUT2D eigenvalue weighted by atomic mass is 9.95. The first-order chi connectivity index (χ1) is 17.3. The van der Waals surface area contributed by atoms with E-state index in [1.165, 1.54) is 25.2 Å². The van der Waals surface area contributed by atoms with Crippen LogP contribution in [0.4, 0.5) is 0 Å². The summed E-state index contributed by atoms with van der Waals surface area (Å²) in [6.45, 7) is 8.87. The summed E-state index contributed by atoms with van der Waals surface area (Å²) in [5, 5.41) is 11.6. The number of hydrogen-bond donors (Lipinski definition) is 1. The van der Waals surface area contributed by atoms with Crippen LogP contribution in [-0.2, 0) is 9.59 Å². The fourth-order valence-corrected chi connectivity index (χ4v) is 4.58. The van der Waals surface area contributed by atoms with Crippen molar-refractivity contribution >= 4 is 29.1 Å². The Morgan fingerprint density at radius 3 is 2.25 bits per heavy atom. The number of likely N-dealkylation sites (tertiary alicyclic amines) is 1. The maximum absolute atomic E-state index is 13.3. The van der Waals surface area contributed by atoms with Gasteiger partial charge < -0.3 is 29.1 Å². The van der Waals surface area contributed by atoms with Gasteiger partial charge in [-0.2, -0.15) is 0 Å². The number of rotatable bonds is 11. The van der Waals surface area contributed by atoms with Gasteiger partial charge in [0.2, 0.25) is 0 Å². The van der Waals surface area contributed by atoms with Crippen molar-refractivity contribution in [3.63, 3.8) is 0 Å². The van der Waals surface area contributed by atoms with E-state index in [2.05, 4.69) is 4.90 Å². The Labute approximate surface area is 217 Å². The van der Waals surface area contributed by atoms with E-state index in [-0.39, 0.29) is 11.3 Å². The number of nitrogens with zero attached hydrogens (tertiary/aromatic N) is 2. The van der Waals surface area contributed by atoms with Gasteiger partial charge in [-0.25, -0.2) is 0 Å². The van der Waals surface area contributed by atoms with Gasteiger partial charge in [0.1, 0.15) is 11.5 Å². The number of carbonyl (C=O) groups excluding carboxylic acids is 2. The lowest BCUT2D eigenvalue weighted by molar-refractivity contribution is -0.140. The van der Waals surface area contributed by atoms with Crippen molar-refractivity contribution < 1.29 is 28.9 Å².